The minimum atomic E-state index is -3.19. The second-order valence-electron chi connectivity index (χ2n) is 14.1. The second kappa shape index (κ2) is 13.1. The average molecular weight is 658 g/mol. The highest BCUT2D eigenvalue weighted by Crippen LogP contribution is 2.41. The summed E-state index contributed by atoms with van der Waals surface area (Å²) in [6, 6.07) is 7.27. The number of hydrogen-bond donors (Lipinski definition) is 0. The zero-order valence-corrected chi connectivity index (χ0v) is 28.8. The normalized spacial score (nSPS) is 24.6. The molecule has 1 aromatic heterocycles. The summed E-state index contributed by atoms with van der Waals surface area (Å²) in [6.07, 6.45) is 6.48. The highest BCUT2D eigenvalue weighted by atomic mass is 32.2. The number of hydrogen-bond acceptors (Lipinski definition) is 7. The van der Waals surface area contributed by atoms with Crippen molar-refractivity contribution < 1.29 is 27.2 Å². The number of carbonyl (C=O) groups excluding carboxylic acids is 1. The summed E-state index contributed by atoms with van der Waals surface area (Å²) in [5.74, 6) is 0.0237. The number of likely N-dealkylation sites (tertiary alicyclic amines) is 1. The number of halogens is 1. The van der Waals surface area contributed by atoms with E-state index >= 15 is 0 Å². The third kappa shape index (κ3) is 6.42. The molecule has 0 bridgehead atoms. The van der Waals surface area contributed by atoms with Gasteiger partial charge in [-0.2, -0.15) is 0 Å². The molecule has 4 fully saturated rings. The molecule has 1 amide bonds. The molecule has 3 saturated heterocycles. The fourth-order valence-electron chi connectivity index (χ4n) is 8.14. The van der Waals surface area contributed by atoms with Crippen LogP contribution in [0.5, 0.6) is 0 Å². The quantitative estimate of drug-likeness (QED) is 0.403. The minimum Gasteiger partial charge on any atom is -0.339 e. The fourth-order valence-corrected chi connectivity index (χ4v) is 10.0. The van der Waals surface area contributed by atoms with E-state index in [1.807, 2.05) is 24.8 Å². The topological polar surface area (TPSA) is 90.2 Å². The van der Waals surface area contributed by atoms with Gasteiger partial charge in [-0.05, 0) is 85.7 Å². The van der Waals surface area contributed by atoms with Crippen molar-refractivity contribution in [1.29, 1.82) is 0 Å². The van der Waals surface area contributed by atoms with Gasteiger partial charge in [0, 0.05) is 77.3 Å². The lowest BCUT2D eigenvalue weighted by atomic mass is 9.82. The number of piperazine rings is 1. The molecule has 4 heterocycles. The predicted octanol–water partition coefficient (Wildman–Crippen LogP) is 3.13. The molecule has 12 heteroatoms. The fraction of sp³-hybridized carbons (Fsp3) is 0.676. The monoisotopic (exact) mass is 657 g/mol. The molecule has 4 aliphatic rings. The lowest BCUT2D eigenvalue weighted by molar-refractivity contribution is -0.891. The van der Waals surface area contributed by atoms with Crippen LogP contribution in [-0.4, -0.2) is 108 Å². The molecular weight excluding hydrogens is 607 g/mol. The number of aryl methyl sites for hydroxylation is 1. The van der Waals surface area contributed by atoms with Crippen LogP contribution in [-0.2, 0) is 10.0 Å². The van der Waals surface area contributed by atoms with E-state index in [1.165, 1.54) is 10.8 Å². The number of benzene rings is 1. The molecule has 1 unspecified atom stereocenters. The van der Waals surface area contributed by atoms with Gasteiger partial charge >= 0.3 is 6.33 Å². The SMILES string of the molecule is CO[n+]1cnc(C)c(C(=O)N2CCC(C)(N3CCN(C(c4cccc(F)c4)C4CCN(S(=O)(=O)C5CC5)CC4)[C@@H](C)C3)CC2)c1C. The second-order valence-corrected chi connectivity index (χ2v) is 16.3. The molecule has 0 spiro atoms. The van der Waals surface area contributed by atoms with Crippen LogP contribution < -0.4 is 9.57 Å². The first-order chi connectivity index (χ1) is 21.9. The zero-order valence-electron chi connectivity index (χ0n) is 28.0. The van der Waals surface area contributed by atoms with Crippen LogP contribution in [0.1, 0.15) is 85.7 Å². The van der Waals surface area contributed by atoms with E-state index in [0.717, 1.165) is 69.4 Å². The number of piperidine rings is 2. The first-order valence-electron chi connectivity index (χ1n) is 16.9. The van der Waals surface area contributed by atoms with Crippen molar-refractivity contribution in [2.24, 2.45) is 5.92 Å². The summed E-state index contributed by atoms with van der Waals surface area (Å²) in [7, 11) is -1.62. The van der Waals surface area contributed by atoms with Crippen molar-refractivity contribution in [1.82, 2.24) is 24.0 Å². The summed E-state index contributed by atoms with van der Waals surface area (Å²) >= 11 is 0. The van der Waals surface area contributed by atoms with Gasteiger partial charge in [-0.1, -0.05) is 12.1 Å². The lowest BCUT2D eigenvalue weighted by Crippen LogP contribution is -2.63. The molecule has 3 aliphatic heterocycles. The van der Waals surface area contributed by atoms with Gasteiger partial charge in [-0.15, -0.1) is 0 Å². The van der Waals surface area contributed by atoms with Gasteiger partial charge < -0.3 is 9.74 Å². The largest absolute Gasteiger partial charge is 0.339 e. The van der Waals surface area contributed by atoms with Gasteiger partial charge in [0.25, 0.3) is 5.91 Å². The molecule has 46 heavy (non-hydrogen) atoms. The van der Waals surface area contributed by atoms with Crippen molar-refractivity contribution in [2.45, 2.75) is 89.1 Å². The lowest BCUT2D eigenvalue weighted by Gasteiger charge is -2.54. The maximum absolute atomic E-state index is 14.6. The summed E-state index contributed by atoms with van der Waals surface area (Å²) in [5.41, 5.74) is 3.02. The Balaban J connectivity index is 1.12. The Labute approximate surface area is 273 Å². The van der Waals surface area contributed by atoms with Crippen LogP contribution in [0, 0.1) is 25.6 Å². The molecule has 10 nitrogen and oxygen atoms in total. The number of sulfonamides is 1. The van der Waals surface area contributed by atoms with Crippen molar-refractivity contribution in [3.63, 3.8) is 0 Å². The van der Waals surface area contributed by atoms with Gasteiger partial charge in [0.15, 0.2) is 11.4 Å². The summed E-state index contributed by atoms with van der Waals surface area (Å²) in [6.45, 7) is 13.4. The highest BCUT2D eigenvalue weighted by Gasteiger charge is 2.45. The number of aromatic nitrogens is 2. The smallest absolute Gasteiger partial charge is 0.325 e. The Hall–Kier alpha value is -2.67. The van der Waals surface area contributed by atoms with Gasteiger partial charge in [0.1, 0.15) is 18.5 Å². The average Bonchev–Trinajstić information content (AvgIpc) is 3.90. The van der Waals surface area contributed by atoms with Crippen molar-refractivity contribution in [3.05, 3.63) is 58.9 Å². The maximum Gasteiger partial charge on any atom is 0.325 e. The summed E-state index contributed by atoms with van der Waals surface area (Å²) in [4.78, 5) is 30.4. The van der Waals surface area contributed by atoms with Crippen LogP contribution in [0.4, 0.5) is 4.39 Å². The van der Waals surface area contributed by atoms with E-state index < -0.39 is 10.0 Å². The van der Waals surface area contributed by atoms with E-state index in [1.54, 1.807) is 29.9 Å². The number of rotatable bonds is 8. The van der Waals surface area contributed by atoms with Gasteiger partial charge in [0.2, 0.25) is 10.0 Å². The van der Waals surface area contributed by atoms with Crippen LogP contribution >= 0.6 is 0 Å². The van der Waals surface area contributed by atoms with Crippen LogP contribution in [0.3, 0.4) is 0 Å². The van der Waals surface area contributed by atoms with Crippen molar-refractivity contribution in [2.75, 3.05) is 52.9 Å². The van der Waals surface area contributed by atoms with Crippen molar-refractivity contribution in [3.8, 4) is 0 Å². The third-order valence-electron chi connectivity index (χ3n) is 11.2. The summed E-state index contributed by atoms with van der Waals surface area (Å²) < 4.78 is 43.6. The molecule has 6 rings (SSSR count). The standard InChI is InChI=1S/C34H50FN6O4S/c1-24-22-38(34(4)13-17-37(18-14-34)33(42)31-25(2)36-23-41(45-5)26(31)3)19-20-40(24)32(28-7-6-8-29(35)21-28)27-11-15-39(16-12-27)46(43,44)30-9-10-30/h6-8,21,23-24,27,30,32H,9-20,22H2,1-5H3/q+1/t24-,32?/m0/s1. The molecular formula is C34H50FN6O4S+. The highest BCUT2D eigenvalue weighted by molar-refractivity contribution is 7.90. The first-order valence-corrected chi connectivity index (χ1v) is 18.4. The Kier molecular flexibility index (Phi) is 9.46. The Morgan fingerprint density at radius 1 is 1.07 bits per heavy atom. The molecule has 1 aromatic carbocycles. The molecule has 2 atom stereocenters. The Bertz CT molecular complexity index is 1540. The molecule has 252 valence electrons. The van der Waals surface area contributed by atoms with Gasteiger partial charge in [-0.3, -0.25) is 14.6 Å². The number of carbonyl (C=O) groups is 1. The van der Waals surface area contributed by atoms with Gasteiger partial charge in [0.05, 0.1) is 5.25 Å². The predicted molar refractivity (Wildman–Crippen MR) is 173 cm³/mol. The number of amides is 1. The Morgan fingerprint density at radius 3 is 2.37 bits per heavy atom. The molecule has 1 saturated carbocycles. The van der Waals surface area contributed by atoms with Crippen LogP contribution in [0.15, 0.2) is 30.6 Å². The van der Waals surface area contributed by atoms with Crippen LogP contribution in [0.25, 0.3) is 0 Å². The van der Waals surface area contributed by atoms with E-state index in [2.05, 4.69) is 28.6 Å². The van der Waals surface area contributed by atoms with E-state index in [-0.39, 0.29) is 40.5 Å². The Morgan fingerprint density at radius 2 is 1.76 bits per heavy atom. The molecule has 1 aliphatic carbocycles. The maximum atomic E-state index is 14.6. The van der Waals surface area contributed by atoms with E-state index in [0.29, 0.717) is 37.4 Å². The first kappa shape index (κ1) is 33.2. The number of nitrogens with zero attached hydrogens (tertiary/aromatic N) is 6. The molecule has 2 aromatic rings. The zero-order chi connectivity index (χ0) is 32.8. The van der Waals surface area contributed by atoms with E-state index in [9.17, 15) is 17.6 Å². The molecule has 0 N–H and O–H groups in total. The summed E-state index contributed by atoms with van der Waals surface area (Å²) in [5, 5.41) is -0.186. The van der Waals surface area contributed by atoms with Crippen LogP contribution in [0.2, 0.25) is 0 Å². The molecule has 0 radical (unpaired) electrons. The van der Waals surface area contributed by atoms with E-state index in [4.69, 9.17) is 4.84 Å². The van der Waals surface area contributed by atoms with Crippen molar-refractivity contribution >= 4 is 15.9 Å². The minimum absolute atomic E-state index is 0.00283. The third-order valence-corrected chi connectivity index (χ3v) is 13.6. The van der Waals surface area contributed by atoms with Gasteiger partial charge in [-0.25, -0.2) is 17.1 Å².